The maximum Gasteiger partial charge on any atom is 0.226 e. The number of amides is 1. The summed E-state index contributed by atoms with van der Waals surface area (Å²) in [4.78, 5) is 24.9. The number of hydrogen-bond acceptors (Lipinski definition) is 4. The Labute approximate surface area is 213 Å². The van der Waals surface area contributed by atoms with Gasteiger partial charge in [-0.15, -0.1) is 0 Å². The zero-order valence-corrected chi connectivity index (χ0v) is 21.3. The van der Waals surface area contributed by atoms with Gasteiger partial charge in [-0.1, -0.05) is 36.4 Å². The molecule has 4 fully saturated rings. The van der Waals surface area contributed by atoms with E-state index in [0.29, 0.717) is 6.42 Å². The molecule has 3 aromatic rings. The lowest BCUT2D eigenvalue weighted by Crippen LogP contribution is -2.47. The predicted molar refractivity (Wildman–Crippen MR) is 142 cm³/mol. The van der Waals surface area contributed by atoms with E-state index in [-0.39, 0.29) is 11.3 Å². The van der Waals surface area contributed by atoms with Gasteiger partial charge in [-0.05, 0) is 96.9 Å². The Morgan fingerprint density at radius 3 is 2.47 bits per heavy atom. The number of aryl methyl sites for hydroxylation is 1. The van der Waals surface area contributed by atoms with Crippen LogP contribution in [0, 0.1) is 30.1 Å². The lowest BCUT2D eigenvalue weighted by molar-refractivity contribution is -0.124. The molecular formula is C31H36N4O. The first kappa shape index (κ1) is 22.4. The topological polar surface area (TPSA) is 58.1 Å². The van der Waals surface area contributed by atoms with Crippen molar-refractivity contribution in [2.75, 3.05) is 11.9 Å². The third kappa shape index (κ3) is 4.02. The smallest absolute Gasteiger partial charge is 0.226 e. The van der Waals surface area contributed by atoms with Crippen LogP contribution >= 0.6 is 0 Å². The quantitative estimate of drug-likeness (QED) is 0.484. The normalized spacial score (nSPS) is 28.9. The summed E-state index contributed by atoms with van der Waals surface area (Å²) in [7, 11) is 0. The van der Waals surface area contributed by atoms with Gasteiger partial charge in [-0.3, -0.25) is 9.69 Å². The number of fused-ring (bicyclic) bond motifs is 2. The highest BCUT2D eigenvalue weighted by Crippen LogP contribution is 2.61. The molecule has 1 amide bonds. The molecule has 0 radical (unpaired) electrons. The molecule has 186 valence electrons. The molecule has 4 aliphatic carbocycles. The summed E-state index contributed by atoms with van der Waals surface area (Å²) in [6.45, 7) is 4.81. The molecule has 2 heterocycles. The highest BCUT2D eigenvalue weighted by molar-refractivity contribution is 5.91. The summed E-state index contributed by atoms with van der Waals surface area (Å²) in [5.74, 6) is 3.51. The van der Waals surface area contributed by atoms with Gasteiger partial charge >= 0.3 is 0 Å². The molecule has 2 aromatic carbocycles. The van der Waals surface area contributed by atoms with Gasteiger partial charge in [0.25, 0.3) is 0 Å². The van der Waals surface area contributed by atoms with Crippen molar-refractivity contribution in [2.24, 2.45) is 23.2 Å². The average molecular weight is 481 g/mol. The maximum absolute atomic E-state index is 13.3. The second kappa shape index (κ2) is 8.65. The van der Waals surface area contributed by atoms with E-state index in [2.05, 4.69) is 63.5 Å². The van der Waals surface area contributed by atoms with Crippen LogP contribution < -0.4 is 5.32 Å². The van der Waals surface area contributed by atoms with E-state index < -0.39 is 0 Å². The zero-order valence-electron chi connectivity index (χ0n) is 21.3. The van der Waals surface area contributed by atoms with Gasteiger partial charge in [0.2, 0.25) is 5.91 Å². The monoisotopic (exact) mass is 480 g/mol. The third-order valence-electron chi connectivity index (χ3n) is 9.67. The van der Waals surface area contributed by atoms with Crippen LogP contribution in [-0.4, -0.2) is 27.3 Å². The number of rotatable bonds is 5. The number of benzene rings is 2. The summed E-state index contributed by atoms with van der Waals surface area (Å²) in [6, 6.07) is 13.2. The summed E-state index contributed by atoms with van der Waals surface area (Å²) in [5.41, 5.74) is 5.11. The molecule has 5 aliphatic rings. The number of aromatic nitrogens is 2. The molecule has 4 saturated carbocycles. The van der Waals surface area contributed by atoms with Crippen LogP contribution in [0.25, 0.3) is 10.8 Å². The summed E-state index contributed by atoms with van der Waals surface area (Å²) >= 11 is 0. The van der Waals surface area contributed by atoms with Crippen LogP contribution in [-0.2, 0) is 24.3 Å². The van der Waals surface area contributed by atoms with E-state index in [1.807, 2.05) is 0 Å². The van der Waals surface area contributed by atoms with Crippen molar-refractivity contribution in [2.45, 2.75) is 71.4 Å². The fraction of sp³-hybridized carbons (Fsp3) is 0.516. The zero-order chi connectivity index (χ0) is 24.3. The Hall–Kier alpha value is -2.79. The number of carbonyl (C=O) groups is 1. The van der Waals surface area contributed by atoms with Gasteiger partial charge in [0, 0.05) is 31.6 Å². The van der Waals surface area contributed by atoms with Gasteiger partial charge in [-0.25, -0.2) is 9.97 Å². The van der Waals surface area contributed by atoms with E-state index >= 15 is 0 Å². The molecule has 5 heteroatoms. The molecule has 36 heavy (non-hydrogen) atoms. The fourth-order valence-electron chi connectivity index (χ4n) is 8.57. The second-order valence-corrected chi connectivity index (χ2v) is 12.3. The molecule has 1 aliphatic heterocycles. The minimum atomic E-state index is 0.159. The number of anilines is 1. The molecular weight excluding hydrogens is 444 g/mol. The standard InChI is InChI=1S/C31H36N4O/c1-20-6-7-24(26-5-3-2-4-25(20)26)17-35-9-8-27-28(18-35)32-19-33-30(27)34-29(36)16-31-13-21-10-22(14-31)12-23(11-21)15-31/h2-7,19,21-23H,8-18H2,1H3,(H,32,33,34,36). The van der Waals surface area contributed by atoms with Crippen molar-refractivity contribution >= 4 is 22.5 Å². The number of hydrogen-bond donors (Lipinski definition) is 1. The van der Waals surface area contributed by atoms with E-state index in [1.54, 1.807) is 6.33 Å². The Kier molecular flexibility index (Phi) is 5.39. The maximum atomic E-state index is 13.3. The van der Waals surface area contributed by atoms with Crippen molar-refractivity contribution in [1.29, 1.82) is 0 Å². The number of nitrogens with zero attached hydrogens (tertiary/aromatic N) is 3. The molecule has 8 rings (SSSR count). The molecule has 4 bridgehead atoms. The van der Waals surface area contributed by atoms with Crippen molar-refractivity contribution in [3.63, 3.8) is 0 Å². The van der Waals surface area contributed by atoms with E-state index in [0.717, 1.165) is 60.9 Å². The Balaban J connectivity index is 1.05. The first-order valence-corrected chi connectivity index (χ1v) is 13.9. The largest absolute Gasteiger partial charge is 0.310 e. The molecule has 0 atom stereocenters. The van der Waals surface area contributed by atoms with Crippen molar-refractivity contribution in [1.82, 2.24) is 14.9 Å². The predicted octanol–water partition coefficient (Wildman–Crippen LogP) is 6.04. The number of carbonyl (C=O) groups excluding carboxylic acids is 1. The lowest BCUT2D eigenvalue weighted by Gasteiger charge is -2.56. The van der Waals surface area contributed by atoms with Gasteiger partial charge in [0.1, 0.15) is 12.1 Å². The first-order chi connectivity index (χ1) is 17.5. The molecule has 1 N–H and O–H groups in total. The Morgan fingerprint density at radius 2 is 1.72 bits per heavy atom. The number of nitrogens with one attached hydrogen (secondary N) is 1. The molecule has 0 spiro atoms. The summed E-state index contributed by atoms with van der Waals surface area (Å²) in [5, 5.41) is 5.90. The van der Waals surface area contributed by atoms with Crippen LogP contribution in [0.4, 0.5) is 5.82 Å². The first-order valence-electron chi connectivity index (χ1n) is 13.9. The fourth-order valence-corrected chi connectivity index (χ4v) is 8.57. The third-order valence-corrected chi connectivity index (χ3v) is 9.67. The lowest BCUT2D eigenvalue weighted by atomic mass is 9.49. The highest BCUT2D eigenvalue weighted by Gasteiger charge is 2.51. The summed E-state index contributed by atoms with van der Waals surface area (Å²) < 4.78 is 0. The average Bonchev–Trinajstić information content (AvgIpc) is 2.85. The van der Waals surface area contributed by atoms with Crippen LogP contribution in [0.5, 0.6) is 0 Å². The minimum absolute atomic E-state index is 0.159. The molecule has 0 unspecified atom stereocenters. The Bertz CT molecular complexity index is 1300. The van der Waals surface area contributed by atoms with Crippen LogP contribution in [0.3, 0.4) is 0 Å². The van der Waals surface area contributed by atoms with Crippen molar-refractivity contribution in [3.05, 3.63) is 65.1 Å². The van der Waals surface area contributed by atoms with E-state index in [1.165, 1.54) is 60.4 Å². The highest BCUT2D eigenvalue weighted by atomic mass is 16.1. The molecule has 5 nitrogen and oxygen atoms in total. The van der Waals surface area contributed by atoms with E-state index in [9.17, 15) is 4.79 Å². The van der Waals surface area contributed by atoms with Crippen LogP contribution in [0.2, 0.25) is 0 Å². The van der Waals surface area contributed by atoms with Gasteiger partial charge in [0.05, 0.1) is 5.69 Å². The minimum Gasteiger partial charge on any atom is -0.310 e. The van der Waals surface area contributed by atoms with Gasteiger partial charge in [0.15, 0.2) is 0 Å². The SMILES string of the molecule is Cc1ccc(CN2CCc3c(ncnc3NC(=O)CC34CC5CC(CC(C5)C3)C4)C2)c2ccccc12. The van der Waals surface area contributed by atoms with Crippen molar-refractivity contribution < 1.29 is 4.79 Å². The summed E-state index contributed by atoms with van der Waals surface area (Å²) in [6.07, 6.45) is 11.2. The van der Waals surface area contributed by atoms with Crippen LogP contribution in [0.1, 0.15) is 67.3 Å². The van der Waals surface area contributed by atoms with Crippen LogP contribution in [0.15, 0.2) is 42.7 Å². The molecule has 0 saturated heterocycles. The Morgan fingerprint density at radius 1 is 1.00 bits per heavy atom. The molecule has 1 aromatic heterocycles. The second-order valence-electron chi connectivity index (χ2n) is 12.3. The van der Waals surface area contributed by atoms with Gasteiger partial charge < -0.3 is 5.32 Å². The van der Waals surface area contributed by atoms with Crippen molar-refractivity contribution in [3.8, 4) is 0 Å². The van der Waals surface area contributed by atoms with E-state index in [4.69, 9.17) is 0 Å². The van der Waals surface area contributed by atoms with Gasteiger partial charge in [-0.2, -0.15) is 0 Å².